The second kappa shape index (κ2) is 7.37. The Kier molecular flexibility index (Phi) is 4.77. The van der Waals surface area contributed by atoms with Crippen LogP contribution in [0.15, 0.2) is 66.0 Å². The van der Waals surface area contributed by atoms with E-state index in [1.54, 1.807) is 16.2 Å². The average Bonchev–Trinajstić information content (AvgIpc) is 3.21. The van der Waals surface area contributed by atoms with Crippen LogP contribution in [0.2, 0.25) is 0 Å². The van der Waals surface area contributed by atoms with E-state index in [-0.39, 0.29) is 5.91 Å². The summed E-state index contributed by atoms with van der Waals surface area (Å²) >= 11 is 1.62. The zero-order valence-corrected chi connectivity index (χ0v) is 15.7. The number of thiophene rings is 1. The van der Waals surface area contributed by atoms with Gasteiger partial charge in [-0.3, -0.25) is 4.79 Å². The first kappa shape index (κ1) is 17.5. The van der Waals surface area contributed by atoms with E-state index in [1.807, 2.05) is 66.0 Å². The second-order valence-electron chi connectivity index (χ2n) is 6.42. The minimum absolute atomic E-state index is 0.151. The van der Waals surface area contributed by atoms with Gasteiger partial charge < -0.3 is 9.64 Å². The van der Waals surface area contributed by atoms with Gasteiger partial charge in [-0.2, -0.15) is 0 Å². The lowest BCUT2D eigenvalue weighted by Crippen LogP contribution is -2.43. The van der Waals surface area contributed by atoms with Crippen molar-refractivity contribution < 1.29 is 14.3 Å². The Morgan fingerprint density at radius 1 is 1.00 bits per heavy atom. The van der Waals surface area contributed by atoms with E-state index in [4.69, 9.17) is 4.74 Å². The molecule has 2 aromatic carbocycles. The van der Waals surface area contributed by atoms with Crippen molar-refractivity contribution in [2.75, 3.05) is 13.7 Å². The van der Waals surface area contributed by atoms with Crippen LogP contribution in [0, 0.1) is 0 Å². The van der Waals surface area contributed by atoms with E-state index in [2.05, 4.69) is 0 Å². The summed E-state index contributed by atoms with van der Waals surface area (Å²) in [7, 11) is 1.36. The van der Waals surface area contributed by atoms with E-state index in [9.17, 15) is 9.59 Å². The Balaban J connectivity index is 1.63. The molecule has 5 heteroatoms. The van der Waals surface area contributed by atoms with Crippen LogP contribution in [0.3, 0.4) is 0 Å². The minimum atomic E-state index is -0.675. The quantitative estimate of drug-likeness (QED) is 0.639. The number of benzene rings is 2. The fourth-order valence-corrected chi connectivity index (χ4v) is 4.41. The van der Waals surface area contributed by atoms with E-state index in [0.29, 0.717) is 12.1 Å². The molecule has 1 unspecified atom stereocenters. The summed E-state index contributed by atoms with van der Waals surface area (Å²) in [5.41, 5.74) is 3.61. The molecule has 1 amide bonds. The summed E-state index contributed by atoms with van der Waals surface area (Å²) in [6.45, 7) is 0.506. The van der Waals surface area contributed by atoms with Crippen molar-refractivity contribution in [3.63, 3.8) is 0 Å². The monoisotopic (exact) mass is 377 g/mol. The third kappa shape index (κ3) is 3.26. The van der Waals surface area contributed by atoms with Crippen LogP contribution in [0.25, 0.3) is 11.1 Å². The van der Waals surface area contributed by atoms with Crippen LogP contribution in [-0.2, 0) is 16.0 Å². The molecule has 0 aliphatic carbocycles. The van der Waals surface area contributed by atoms with Gasteiger partial charge >= 0.3 is 5.97 Å². The molecule has 0 saturated heterocycles. The number of ether oxygens (including phenoxy) is 1. The highest BCUT2D eigenvalue weighted by Crippen LogP contribution is 2.35. The molecule has 0 radical (unpaired) electrons. The standard InChI is InChI=1S/C22H19NO3S/c1-26-22(25)20-18-12-14-27-19(18)11-13-23(20)21(24)17-9-7-16(8-10-17)15-5-3-2-4-6-15/h2-10,12,14,20H,11,13H2,1H3. The van der Waals surface area contributed by atoms with Crippen molar-refractivity contribution in [1.82, 2.24) is 4.90 Å². The summed E-state index contributed by atoms with van der Waals surface area (Å²) in [6, 6.07) is 18.8. The highest BCUT2D eigenvalue weighted by atomic mass is 32.1. The number of hydrogen-bond donors (Lipinski definition) is 0. The van der Waals surface area contributed by atoms with Crippen molar-refractivity contribution in [2.45, 2.75) is 12.5 Å². The molecule has 0 spiro atoms. The lowest BCUT2D eigenvalue weighted by molar-refractivity contribution is -0.146. The number of esters is 1. The molecule has 3 aromatic rings. The van der Waals surface area contributed by atoms with Crippen LogP contribution in [0.4, 0.5) is 0 Å². The Hall–Kier alpha value is -2.92. The second-order valence-corrected chi connectivity index (χ2v) is 7.42. The molecule has 1 aliphatic heterocycles. The number of hydrogen-bond acceptors (Lipinski definition) is 4. The maximum absolute atomic E-state index is 13.1. The van der Waals surface area contributed by atoms with Gasteiger partial charge in [0.05, 0.1) is 7.11 Å². The topological polar surface area (TPSA) is 46.6 Å². The van der Waals surface area contributed by atoms with Gasteiger partial charge in [0.15, 0.2) is 6.04 Å². The predicted molar refractivity (Wildman–Crippen MR) is 106 cm³/mol. The molecule has 2 heterocycles. The van der Waals surface area contributed by atoms with Crippen LogP contribution in [-0.4, -0.2) is 30.4 Å². The molecule has 0 saturated carbocycles. The van der Waals surface area contributed by atoms with Crippen molar-refractivity contribution in [3.8, 4) is 11.1 Å². The highest BCUT2D eigenvalue weighted by Gasteiger charge is 2.37. The predicted octanol–water partition coefficient (Wildman–Crippen LogP) is 4.33. The maximum atomic E-state index is 13.1. The molecule has 136 valence electrons. The van der Waals surface area contributed by atoms with Crippen molar-refractivity contribution in [2.24, 2.45) is 0 Å². The van der Waals surface area contributed by atoms with E-state index in [1.165, 1.54) is 7.11 Å². The van der Waals surface area contributed by atoms with Crippen LogP contribution in [0.5, 0.6) is 0 Å². The van der Waals surface area contributed by atoms with Gasteiger partial charge in [-0.15, -0.1) is 11.3 Å². The van der Waals surface area contributed by atoms with Gasteiger partial charge in [0.25, 0.3) is 5.91 Å². The third-order valence-corrected chi connectivity index (χ3v) is 5.89. The summed E-state index contributed by atoms with van der Waals surface area (Å²) < 4.78 is 4.98. The number of nitrogens with zero attached hydrogens (tertiary/aromatic N) is 1. The Morgan fingerprint density at radius 2 is 1.70 bits per heavy atom. The molecule has 4 rings (SSSR count). The summed E-state index contributed by atoms with van der Waals surface area (Å²) in [6.07, 6.45) is 0.758. The third-order valence-electron chi connectivity index (χ3n) is 4.89. The van der Waals surface area contributed by atoms with Crippen molar-refractivity contribution in [1.29, 1.82) is 0 Å². The molecule has 27 heavy (non-hydrogen) atoms. The number of carbonyl (C=O) groups is 2. The first-order valence-corrected chi connectivity index (χ1v) is 9.67. The first-order valence-electron chi connectivity index (χ1n) is 8.79. The number of methoxy groups -OCH3 is 1. The molecule has 1 atom stereocenters. The van der Waals surface area contributed by atoms with Crippen LogP contribution < -0.4 is 0 Å². The lowest BCUT2D eigenvalue weighted by Gasteiger charge is -2.34. The normalized spacial score (nSPS) is 15.9. The zero-order valence-electron chi connectivity index (χ0n) is 14.9. The molecule has 0 fully saturated rings. The Morgan fingerprint density at radius 3 is 2.41 bits per heavy atom. The average molecular weight is 377 g/mol. The van der Waals surface area contributed by atoms with Crippen LogP contribution >= 0.6 is 11.3 Å². The fourth-order valence-electron chi connectivity index (χ4n) is 3.50. The van der Waals surface area contributed by atoms with E-state index in [0.717, 1.165) is 28.0 Å². The summed E-state index contributed by atoms with van der Waals surface area (Å²) in [5, 5.41) is 1.96. The first-order chi connectivity index (χ1) is 13.2. The highest BCUT2D eigenvalue weighted by molar-refractivity contribution is 7.10. The van der Waals surface area contributed by atoms with Gasteiger partial charge in [0.1, 0.15) is 0 Å². The van der Waals surface area contributed by atoms with Gasteiger partial charge in [0, 0.05) is 17.0 Å². The minimum Gasteiger partial charge on any atom is -0.467 e. The molecule has 0 bridgehead atoms. The number of amides is 1. The summed E-state index contributed by atoms with van der Waals surface area (Å²) in [5.74, 6) is -0.550. The number of fused-ring (bicyclic) bond motifs is 1. The lowest BCUT2D eigenvalue weighted by atomic mass is 9.98. The van der Waals surface area contributed by atoms with Crippen molar-refractivity contribution in [3.05, 3.63) is 82.0 Å². The van der Waals surface area contributed by atoms with Gasteiger partial charge in [-0.05, 0) is 46.7 Å². The Labute approximate surface area is 162 Å². The van der Waals surface area contributed by atoms with E-state index < -0.39 is 12.0 Å². The smallest absolute Gasteiger partial charge is 0.333 e. The van der Waals surface area contributed by atoms with E-state index >= 15 is 0 Å². The zero-order chi connectivity index (χ0) is 18.8. The molecule has 1 aromatic heterocycles. The Bertz CT molecular complexity index is 963. The molecule has 4 nitrogen and oxygen atoms in total. The molecule has 0 N–H and O–H groups in total. The van der Waals surface area contributed by atoms with Gasteiger partial charge in [-0.25, -0.2) is 4.79 Å². The van der Waals surface area contributed by atoms with Crippen molar-refractivity contribution >= 4 is 23.2 Å². The van der Waals surface area contributed by atoms with Crippen LogP contribution in [0.1, 0.15) is 26.8 Å². The maximum Gasteiger partial charge on any atom is 0.333 e. The molecular formula is C22H19NO3S. The number of carbonyl (C=O) groups excluding carboxylic acids is 2. The van der Waals surface area contributed by atoms with Gasteiger partial charge in [-0.1, -0.05) is 42.5 Å². The fraction of sp³-hybridized carbons (Fsp3) is 0.182. The van der Waals surface area contributed by atoms with Gasteiger partial charge in [0.2, 0.25) is 0 Å². The number of rotatable bonds is 3. The molecule has 1 aliphatic rings. The SMILES string of the molecule is COC(=O)C1c2ccsc2CCN1C(=O)c1ccc(-c2ccccc2)cc1. The molecular weight excluding hydrogens is 358 g/mol. The summed E-state index contributed by atoms with van der Waals surface area (Å²) in [4.78, 5) is 28.3. The largest absolute Gasteiger partial charge is 0.467 e.